The van der Waals surface area contributed by atoms with Crippen molar-refractivity contribution in [2.45, 2.75) is 46.1 Å². The van der Waals surface area contributed by atoms with E-state index in [1.807, 2.05) is 4.57 Å². The lowest BCUT2D eigenvalue weighted by Crippen LogP contribution is -2.27. The number of benzene rings is 1. The predicted octanol–water partition coefficient (Wildman–Crippen LogP) is 2.98. The van der Waals surface area contributed by atoms with Crippen LogP contribution >= 0.6 is 0 Å². The Morgan fingerprint density at radius 1 is 1.17 bits per heavy atom. The average molecular weight is 398 g/mol. The van der Waals surface area contributed by atoms with Crippen LogP contribution in [0.15, 0.2) is 18.2 Å². The van der Waals surface area contributed by atoms with E-state index in [-0.39, 0.29) is 24.4 Å². The number of hydrogen-bond donors (Lipinski definition) is 2. The summed E-state index contributed by atoms with van der Waals surface area (Å²) in [5.41, 5.74) is 1.80. The van der Waals surface area contributed by atoms with Gasteiger partial charge in [0.25, 0.3) is 11.8 Å². The number of carbonyl (C=O) groups excluding carboxylic acids is 2. The van der Waals surface area contributed by atoms with Crippen LogP contribution in [0.5, 0.6) is 11.5 Å². The Hall–Kier alpha value is -3.03. The summed E-state index contributed by atoms with van der Waals surface area (Å²) in [5.74, 6) is 1.48. The van der Waals surface area contributed by atoms with Crippen LogP contribution in [0.3, 0.4) is 0 Å². The van der Waals surface area contributed by atoms with Crippen molar-refractivity contribution in [2.24, 2.45) is 5.92 Å². The number of amides is 2. The Bertz CT molecular complexity index is 935. The Morgan fingerprint density at radius 3 is 2.83 bits per heavy atom. The SMILES string of the molecule is CC(C)CCNC(=O)c1nc(C(=O)Nc2ccc3c(c2)OCO3)n2c1CCCC2. The number of carbonyl (C=O) groups is 2. The minimum atomic E-state index is -0.340. The molecule has 8 heteroatoms. The van der Waals surface area contributed by atoms with Crippen molar-refractivity contribution >= 4 is 17.5 Å². The van der Waals surface area contributed by atoms with Crippen LogP contribution < -0.4 is 20.1 Å². The number of fused-ring (bicyclic) bond motifs is 2. The quantitative estimate of drug-likeness (QED) is 0.780. The Morgan fingerprint density at radius 2 is 2.00 bits per heavy atom. The minimum absolute atomic E-state index is 0.176. The summed E-state index contributed by atoms with van der Waals surface area (Å²) in [4.78, 5) is 30.0. The number of ether oxygens (including phenoxy) is 2. The summed E-state index contributed by atoms with van der Waals surface area (Å²) in [7, 11) is 0. The molecule has 0 bridgehead atoms. The highest BCUT2D eigenvalue weighted by Gasteiger charge is 2.27. The zero-order valence-electron chi connectivity index (χ0n) is 16.8. The number of aromatic nitrogens is 2. The molecular formula is C21H26N4O4. The zero-order valence-corrected chi connectivity index (χ0v) is 16.8. The summed E-state index contributed by atoms with van der Waals surface area (Å²) in [5, 5.41) is 5.79. The molecule has 8 nitrogen and oxygen atoms in total. The van der Waals surface area contributed by atoms with Gasteiger partial charge in [0.2, 0.25) is 6.79 Å². The molecule has 0 unspecified atom stereocenters. The van der Waals surface area contributed by atoms with Gasteiger partial charge in [-0.15, -0.1) is 0 Å². The van der Waals surface area contributed by atoms with Gasteiger partial charge in [0.15, 0.2) is 17.3 Å². The highest BCUT2D eigenvalue weighted by molar-refractivity contribution is 6.03. The molecule has 0 saturated heterocycles. The van der Waals surface area contributed by atoms with E-state index in [9.17, 15) is 9.59 Å². The van der Waals surface area contributed by atoms with Crippen molar-refractivity contribution in [2.75, 3.05) is 18.7 Å². The Labute approximate surface area is 169 Å². The van der Waals surface area contributed by atoms with Gasteiger partial charge in [-0.05, 0) is 43.7 Å². The van der Waals surface area contributed by atoms with Crippen molar-refractivity contribution in [1.82, 2.24) is 14.9 Å². The molecule has 2 aliphatic heterocycles. The molecule has 0 spiro atoms. The Balaban J connectivity index is 1.54. The van der Waals surface area contributed by atoms with E-state index in [0.29, 0.717) is 41.9 Å². The molecule has 2 aliphatic rings. The number of hydrogen-bond acceptors (Lipinski definition) is 5. The summed E-state index contributed by atoms with van der Waals surface area (Å²) < 4.78 is 12.5. The maximum atomic E-state index is 12.9. The molecule has 154 valence electrons. The lowest BCUT2D eigenvalue weighted by molar-refractivity contribution is 0.0946. The van der Waals surface area contributed by atoms with Gasteiger partial charge < -0.3 is 24.7 Å². The molecule has 4 rings (SSSR count). The van der Waals surface area contributed by atoms with Crippen LogP contribution in [-0.4, -0.2) is 34.7 Å². The highest BCUT2D eigenvalue weighted by Crippen LogP contribution is 2.34. The third-order valence-corrected chi connectivity index (χ3v) is 5.17. The zero-order chi connectivity index (χ0) is 20.4. The summed E-state index contributed by atoms with van der Waals surface area (Å²) in [6.07, 6.45) is 3.60. The molecule has 2 amide bonds. The third-order valence-electron chi connectivity index (χ3n) is 5.17. The molecule has 1 aromatic carbocycles. The fourth-order valence-corrected chi connectivity index (χ4v) is 3.62. The first kappa shape index (κ1) is 19.3. The monoisotopic (exact) mass is 398 g/mol. The second-order valence-corrected chi connectivity index (χ2v) is 7.80. The van der Waals surface area contributed by atoms with Crippen LogP contribution in [0, 0.1) is 5.92 Å². The molecule has 2 aromatic rings. The fourth-order valence-electron chi connectivity index (χ4n) is 3.62. The lowest BCUT2D eigenvalue weighted by atomic mass is 10.1. The standard InChI is InChI=1S/C21H26N4O4/c1-13(2)8-9-22-20(26)18-15-5-3-4-10-25(15)19(24-18)21(27)23-14-6-7-16-17(11-14)29-12-28-16/h6-7,11,13H,3-5,8-10,12H2,1-2H3,(H,22,26)(H,23,27). The van der Waals surface area contributed by atoms with Crippen molar-refractivity contribution in [3.05, 3.63) is 35.4 Å². The number of anilines is 1. The van der Waals surface area contributed by atoms with E-state index in [1.54, 1.807) is 18.2 Å². The van der Waals surface area contributed by atoms with Gasteiger partial charge in [-0.25, -0.2) is 4.98 Å². The van der Waals surface area contributed by atoms with Crippen LogP contribution in [0.2, 0.25) is 0 Å². The van der Waals surface area contributed by atoms with Gasteiger partial charge in [-0.3, -0.25) is 9.59 Å². The molecule has 29 heavy (non-hydrogen) atoms. The molecule has 0 fully saturated rings. The molecule has 0 atom stereocenters. The number of nitrogens with one attached hydrogen (secondary N) is 2. The van der Waals surface area contributed by atoms with Crippen LogP contribution in [-0.2, 0) is 13.0 Å². The second-order valence-electron chi connectivity index (χ2n) is 7.80. The molecule has 3 heterocycles. The summed E-state index contributed by atoms with van der Waals surface area (Å²) in [6.45, 7) is 5.69. The topological polar surface area (TPSA) is 94.5 Å². The van der Waals surface area contributed by atoms with E-state index in [0.717, 1.165) is 31.4 Å². The van der Waals surface area contributed by atoms with E-state index >= 15 is 0 Å². The molecule has 2 N–H and O–H groups in total. The second kappa shape index (κ2) is 8.14. The van der Waals surface area contributed by atoms with Crippen molar-refractivity contribution < 1.29 is 19.1 Å². The van der Waals surface area contributed by atoms with E-state index in [4.69, 9.17) is 9.47 Å². The van der Waals surface area contributed by atoms with Crippen LogP contribution in [0.4, 0.5) is 5.69 Å². The number of rotatable bonds is 6. The number of imidazole rings is 1. The largest absolute Gasteiger partial charge is 0.454 e. The first-order chi connectivity index (χ1) is 14.0. The molecule has 0 saturated carbocycles. The molecule has 1 aromatic heterocycles. The number of nitrogens with zero attached hydrogens (tertiary/aromatic N) is 2. The maximum Gasteiger partial charge on any atom is 0.291 e. The molecule has 0 radical (unpaired) electrons. The summed E-state index contributed by atoms with van der Waals surface area (Å²) >= 11 is 0. The van der Waals surface area contributed by atoms with Crippen molar-refractivity contribution in [3.63, 3.8) is 0 Å². The third kappa shape index (κ3) is 4.06. The smallest absolute Gasteiger partial charge is 0.291 e. The van der Waals surface area contributed by atoms with Gasteiger partial charge in [0, 0.05) is 24.8 Å². The lowest BCUT2D eigenvalue weighted by Gasteiger charge is -2.17. The normalized spacial score (nSPS) is 14.6. The summed E-state index contributed by atoms with van der Waals surface area (Å²) in [6, 6.07) is 5.23. The van der Waals surface area contributed by atoms with Gasteiger partial charge in [0.05, 0.1) is 5.69 Å². The van der Waals surface area contributed by atoms with Crippen molar-refractivity contribution in [3.8, 4) is 11.5 Å². The van der Waals surface area contributed by atoms with E-state index < -0.39 is 0 Å². The first-order valence-corrected chi connectivity index (χ1v) is 10.1. The van der Waals surface area contributed by atoms with Crippen LogP contribution in [0.25, 0.3) is 0 Å². The Kier molecular flexibility index (Phi) is 5.42. The van der Waals surface area contributed by atoms with Gasteiger partial charge >= 0.3 is 0 Å². The van der Waals surface area contributed by atoms with Gasteiger partial charge in [0.1, 0.15) is 5.69 Å². The molecular weight excluding hydrogens is 372 g/mol. The fraction of sp³-hybridized carbons (Fsp3) is 0.476. The average Bonchev–Trinajstić information content (AvgIpc) is 3.32. The van der Waals surface area contributed by atoms with Crippen LogP contribution in [0.1, 0.15) is 59.9 Å². The van der Waals surface area contributed by atoms with E-state index in [2.05, 4.69) is 29.5 Å². The van der Waals surface area contributed by atoms with Gasteiger partial charge in [-0.1, -0.05) is 13.8 Å². The van der Waals surface area contributed by atoms with Crippen molar-refractivity contribution in [1.29, 1.82) is 0 Å². The minimum Gasteiger partial charge on any atom is -0.454 e. The van der Waals surface area contributed by atoms with Gasteiger partial charge in [-0.2, -0.15) is 0 Å². The first-order valence-electron chi connectivity index (χ1n) is 10.1. The predicted molar refractivity (Wildman–Crippen MR) is 107 cm³/mol. The highest BCUT2D eigenvalue weighted by atomic mass is 16.7. The molecule has 0 aliphatic carbocycles. The maximum absolute atomic E-state index is 12.9. The van der Waals surface area contributed by atoms with E-state index in [1.165, 1.54) is 0 Å².